The van der Waals surface area contributed by atoms with Crippen LogP contribution in [0.5, 0.6) is 5.75 Å². The highest BCUT2D eigenvalue weighted by Crippen LogP contribution is 2.31. The van der Waals surface area contributed by atoms with Crippen LogP contribution in [0.25, 0.3) is 11.6 Å². The molecule has 0 atom stereocenters. The van der Waals surface area contributed by atoms with E-state index in [2.05, 4.69) is 51.3 Å². The quantitative estimate of drug-likeness (QED) is 0.177. The molecule has 5 heteroatoms. The molecule has 0 saturated heterocycles. The van der Waals surface area contributed by atoms with Crippen molar-refractivity contribution in [2.45, 2.75) is 6.61 Å². The van der Waals surface area contributed by atoms with Gasteiger partial charge in [0.1, 0.15) is 12.4 Å². The van der Waals surface area contributed by atoms with Crippen LogP contribution in [0, 0.1) is 18.5 Å². The summed E-state index contributed by atoms with van der Waals surface area (Å²) in [5.74, 6) is 0.849. The molecule has 0 aliphatic rings. The standard InChI is InChI=1S/C22H14ClI2NO/c23-19-8-6-15(7-9-19)14-27-22-20(24)11-16(12-21(22)25)10-18(13-26)17-4-2-1-3-5-17/h1-12H,14H2/b18-10-. The molecular formula is C22H14ClI2NO. The van der Waals surface area contributed by atoms with E-state index in [4.69, 9.17) is 16.3 Å². The van der Waals surface area contributed by atoms with E-state index in [-0.39, 0.29) is 0 Å². The molecule has 0 aliphatic carbocycles. The van der Waals surface area contributed by atoms with Crippen molar-refractivity contribution in [3.8, 4) is 11.8 Å². The third kappa shape index (κ3) is 5.47. The lowest BCUT2D eigenvalue weighted by Crippen LogP contribution is -1.99. The lowest BCUT2D eigenvalue weighted by molar-refractivity contribution is 0.302. The predicted octanol–water partition coefficient (Wildman–Crippen LogP) is 7.19. The van der Waals surface area contributed by atoms with Crippen molar-refractivity contribution in [1.82, 2.24) is 0 Å². The Kier molecular flexibility index (Phi) is 7.16. The Morgan fingerprint density at radius 3 is 2.22 bits per heavy atom. The van der Waals surface area contributed by atoms with Crippen molar-refractivity contribution in [2.75, 3.05) is 0 Å². The second-order valence-electron chi connectivity index (χ2n) is 5.76. The van der Waals surface area contributed by atoms with Crippen molar-refractivity contribution in [3.63, 3.8) is 0 Å². The van der Waals surface area contributed by atoms with E-state index in [9.17, 15) is 5.26 Å². The molecule has 0 fully saturated rings. The topological polar surface area (TPSA) is 33.0 Å². The summed E-state index contributed by atoms with van der Waals surface area (Å²) in [5.41, 5.74) is 3.58. The Hall–Kier alpha value is -1.56. The zero-order valence-electron chi connectivity index (χ0n) is 14.1. The number of halogens is 3. The van der Waals surface area contributed by atoms with E-state index in [1.807, 2.05) is 72.8 Å². The zero-order valence-corrected chi connectivity index (χ0v) is 19.2. The number of hydrogen-bond acceptors (Lipinski definition) is 2. The molecule has 3 aromatic carbocycles. The van der Waals surface area contributed by atoms with Gasteiger partial charge in [0.25, 0.3) is 0 Å². The van der Waals surface area contributed by atoms with Crippen molar-refractivity contribution < 1.29 is 4.74 Å². The molecule has 134 valence electrons. The van der Waals surface area contributed by atoms with E-state index in [1.54, 1.807) is 0 Å². The number of rotatable bonds is 5. The molecule has 0 aromatic heterocycles. The molecule has 0 amide bonds. The second-order valence-corrected chi connectivity index (χ2v) is 8.53. The molecule has 0 saturated carbocycles. The van der Waals surface area contributed by atoms with Gasteiger partial charge in [-0.1, -0.05) is 54.1 Å². The minimum atomic E-state index is 0.478. The van der Waals surface area contributed by atoms with Crippen LogP contribution in [0.3, 0.4) is 0 Å². The first-order chi connectivity index (χ1) is 13.1. The maximum Gasteiger partial charge on any atom is 0.146 e. The first-order valence-corrected chi connectivity index (χ1v) is 10.6. The van der Waals surface area contributed by atoms with Crippen molar-refractivity contribution >= 4 is 68.4 Å². The van der Waals surface area contributed by atoms with E-state index in [0.717, 1.165) is 29.6 Å². The number of hydrogen-bond donors (Lipinski definition) is 0. The van der Waals surface area contributed by atoms with Gasteiger partial charge >= 0.3 is 0 Å². The molecule has 3 rings (SSSR count). The van der Waals surface area contributed by atoms with Gasteiger partial charge in [-0.2, -0.15) is 5.26 Å². The fourth-order valence-corrected chi connectivity index (χ4v) is 4.76. The Morgan fingerprint density at radius 2 is 1.63 bits per heavy atom. The molecular weight excluding hydrogens is 584 g/mol. The molecule has 27 heavy (non-hydrogen) atoms. The average molecular weight is 598 g/mol. The Labute approximate surface area is 191 Å². The minimum absolute atomic E-state index is 0.478. The smallest absolute Gasteiger partial charge is 0.146 e. The fourth-order valence-electron chi connectivity index (χ4n) is 2.50. The number of ether oxygens (including phenoxy) is 1. The van der Waals surface area contributed by atoms with E-state index in [1.165, 1.54) is 0 Å². The maximum atomic E-state index is 9.51. The van der Waals surface area contributed by atoms with Gasteiger partial charge in [-0.15, -0.1) is 0 Å². The Balaban J connectivity index is 1.83. The second kappa shape index (κ2) is 9.58. The van der Waals surface area contributed by atoms with Crippen molar-refractivity contribution in [2.24, 2.45) is 0 Å². The van der Waals surface area contributed by atoms with Crippen molar-refractivity contribution in [3.05, 3.63) is 95.6 Å². The third-order valence-electron chi connectivity index (χ3n) is 3.83. The van der Waals surface area contributed by atoms with Crippen LogP contribution < -0.4 is 4.74 Å². The summed E-state index contributed by atoms with van der Waals surface area (Å²) in [6.07, 6.45) is 1.91. The van der Waals surface area contributed by atoms with E-state index >= 15 is 0 Å². The molecule has 2 nitrogen and oxygen atoms in total. The fraction of sp³-hybridized carbons (Fsp3) is 0.0455. The maximum absolute atomic E-state index is 9.51. The number of nitriles is 1. The average Bonchev–Trinajstić information content (AvgIpc) is 2.67. The number of nitrogens with zero attached hydrogens (tertiary/aromatic N) is 1. The van der Waals surface area contributed by atoms with Gasteiger partial charge in [0.05, 0.1) is 18.8 Å². The van der Waals surface area contributed by atoms with E-state index < -0.39 is 0 Å². The van der Waals surface area contributed by atoms with Gasteiger partial charge in [0, 0.05) is 5.02 Å². The first-order valence-electron chi connectivity index (χ1n) is 8.10. The van der Waals surface area contributed by atoms with Crippen LogP contribution in [0.15, 0.2) is 66.7 Å². The SMILES string of the molecule is N#C/C(=C/c1cc(I)c(OCc2ccc(Cl)cc2)c(I)c1)c1ccccc1. The summed E-state index contributed by atoms with van der Waals surface area (Å²) in [6.45, 7) is 0.478. The van der Waals surface area contributed by atoms with Crippen LogP contribution in [-0.2, 0) is 6.61 Å². The summed E-state index contributed by atoms with van der Waals surface area (Å²) < 4.78 is 8.03. The highest BCUT2D eigenvalue weighted by Gasteiger charge is 2.10. The summed E-state index contributed by atoms with van der Waals surface area (Å²) in [5, 5.41) is 10.2. The number of allylic oxidation sites excluding steroid dienone is 1. The van der Waals surface area contributed by atoms with Gasteiger partial charge in [0.2, 0.25) is 0 Å². The largest absolute Gasteiger partial charge is 0.487 e. The third-order valence-corrected chi connectivity index (χ3v) is 5.69. The Morgan fingerprint density at radius 1 is 1.00 bits per heavy atom. The highest BCUT2D eigenvalue weighted by atomic mass is 127. The van der Waals surface area contributed by atoms with E-state index in [0.29, 0.717) is 17.2 Å². The molecule has 0 bridgehead atoms. The lowest BCUT2D eigenvalue weighted by Gasteiger charge is -2.12. The first kappa shape index (κ1) is 20.2. The number of benzene rings is 3. The predicted molar refractivity (Wildman–Crippen MR) is 128 cm³/mol. The molecule has 0 aliphatic heterocycles. The zero-order chi connectivity index (χ0) is 19.2. The van der Waals surface area contributed by atoms with Crippen LogP contribution >= 0.6 is 56.8 Å². The summed E-state index contributed by atoms with van der Waals surface area (Å²) in [7, 11) is 0. The summed E-state index contributed by atoms with van der Waals surface area (Å²) in [6, 6.07) is 23.7. The van der Waals surface area contributed by atoms with Gasteiger partial charge in [-0.25, -0.2) is 0 Å². The molecule has 0 spiro atoms. The van der Waals surface area contributed by atoms with Crippen LogP contribution in [0.2, 0.25) is 5.02 Å². The highest BCUT2D eigenvalue weighted by molar-refractivity contribution is 14.1. The Bertz CT molecular complexity index is 986. The van der Waals surface area contributed by atoms with Gasteiger partial charge < -0.3 is 4.74 Å². The summed E-state index contributed by atoms with van der Waals surface area (Å²) in [4.78, 5) is 0. The molecule has 0 N–H and O–H groups in total. The van der Waals surface area contributed by atoms with Gasteiger partial charge in [-0.05, 0) is 92.2 Å². The van der Waals surface area contributed by atoms with Gasteiger partial charge in [-0.3, -0.25) is 0 Å². The monoisotopic (exact) mass is 597 g/mol. The molecule has 0 radical (unpaired) electrons. The van der Waals surface area contributed by atoms with Crippen LogP contribution in [0.1, 0.15) is 16.7 Å². The normalized spacial score (nSPS) is 11.1. The van der Waals surface area contributed by atoms with Gasteiger partial charge in [0.15, 0.2) is 0 Å². The minimum Gasteiger partial charge on any atom is -0.487 e. The molecule has 0 unspecified atom stereocenters. The molecule has 3 aromatic rings. The van der Waals surface area contributed by atoms with Crippen LogP contribution in [0.4, 0.5) is 0 Å². The lowest BCUT2D eigenvalue weighted by atomic mass is 10.0. The van der Waals surface area contributed by atoms with Crippen LogP contribution in [-0.4, -0.2) is 0 Å². The molecule has 0 heterocycles. The summed E-state index contributed by atoms with van der Waals surface area (Å²) >= 11 is 10.5. The van der Waals surface area contributed by atoms with Crippen molar-refractivity contribution in [1.29, 1.82) is 5.26 Å².